The number of aromatic amines is 1. The molecule has 1 N–H and O–H groups in total. The van der Waals surface area contributed by atoms with Crippen LogP contribution >= 0.6 is 0 Å². The Kier molecular flexibility index (Phi) is 8.36. The predicted molar refractivity (Wildman–Crippen MR) is 144 cm³/mol. The first-order valence-corrected chi connectivity index (χ1v) is 13.2. The molecule has 3 heterocycles. The van der Waals surface area contributed by atoms with E-state index in [1.807, 2.05) is 40.1 Å². The number of amides is 2. The van der Waals surface area contributed by atoms with Crippen molar-refractivity contribution in [2.75, 3.05) is 19.6 Å². The molecular weight excluding hydrogens is 464 g/mol. The minimum absolute atomic E-state index is 0.0182. The van der Waals surface area contributed by atoms with Gasteiger partial charge in [-0.05, 0) is 47.9 Å². The van der Waals surface area contributed by atoms with Crippen LogP contribution in [0.15, 0.2) is 42.5 Å². The number of rotatable bonds is 8. The Balaban J connectivity index is 1.56. The van der Waals surface area contributed by atoms with Crippen LogP contribution in [0.3, 0.4) is 0 Å². The molecule has 3 aromatic rings. The SMILES string of the molecule is CC(=O)N1CCN(C(=O)c2cc(CC(C)C)c(-c3cc(Cc4ccccc4)[nH]n3)nn2)C[C@@H]1CC(C)C. The highest BCUT2D eigenvalue weighted by Crippen LogP contribution is 2.25. The van der Waals surface area contributed by atoms with Crippen LogP contribution in [0.5, 0.6) is 0 Å². The van der Waals surface area contributed by atoms with Gasteiger partial charge in [0.1, 0.15) is 11.4 Å². The number of H-pyrrole nitrogens is 1. The Hall–Kier alpha value is -3.55. The van der Waals surface area contributed by atoms with Gasteiger partial charge in [0, 0.05) is 44.7 Å². The second kappa shape index (κ2) is 11.7. The van der Waals surface area contributed by atoms with Crippen LogP contribution in [0.25, 0.3) is 11.4 Å². The van der Waals surface area contributed by atoms with Crippen molar-refractivity contribution in [1.29, 1.82) is 0 Å². The molecule has 0 radical (unpaired) electrons. The van der Waals surface area contributed by atoms with Crippen molar-refractivity contribution in [2.24, 2.45) is 11.8 Å². The molecule has 1 fully saturated rings. The fourth-order valence-corrected chi connectivity index (χ4v) is 5.10. The lowest BCUT2D eigenvalue weighted by Gasteiger charge is -2.41. The highest BCUT2D eigenvalue weighted by atomic mass is 16.2. The molecule has 0 bridgehead atoms. The molecule has 1 atom stereocenters. The molecule has 37 heavy (non-hydrogen) atoms. The second-order valence-corrected chi connectivity index (χ2v) is 10.9. The number of nitrogens with zero attached hydrogens (tertiary/aromatic N) is 5. The van der Waals surface area contributed by atoms with E-state index in [4.69, 9.17) is 0 Å². The smallest absolute Gasteiger partial charge is 0.274 e. The van der Waals surface area contributed by atoms with Crippen LogP contribution in [0, 0.1) is 11.8 Å². The lowest BCUT2D eigenvalue weighted by atomic mass is 9.98. The zero-order valence-corrected chi connectivity index (χ0v) is 22.6. The van der Waals surface area contributed by atoms with Gasteiger partial charge in [0.05, 0.1) is 0 Å². The van der Waals surface area contributed by atoms with Crippen LogP contribution in [0.1, 0.15) is 68.3 Å². The Bertz CT molecular complexity index is 1220. The fourth-order valence-electron chi connectivity index (χ4n) is 5.10. The number of carbonyl (C=O) groups excluding carboxylic acids is 2. The summed E-state index contributed by atoms with van der Waals surface area (Å²) in [6.45, 7) is 11.7. The topological polar surface area (TPSA) is 95.1 Å². The number of hydrogen-bond donors (Lipinski definition) is 1. The first kappa shape index (κ1) is 26.5. The zero-order chi connectivity index (χ0) is 26.5. The van der Waals surface area contributed by atoms with Crippen LogP contribution in [-0.4, -0.2) is 67.7 Å². The fraction of sp³-hybridized carbons (Fsp3) is 0.483. The van der Waals surface area contributed by atoms with Gasteiger partial charge in [-0.25, -0.2) is 0 Å². The van der Waals surface area contributed by atoms with E-state index in [1.165, 1.54) is 5.56 Å². The molecule has 1 aliphatic heterocycles. The standard InChI is InChI=1S/C29H38N6O2/c1-19(2)13-23-16-27(29(37)34-11-12-35(21(5)36)25(18-34)14-20(3)4)32-33-28(23)26-17-24(30-31-26)15-22-9-7-6-8-10-22/h6-10,16-17,19-20,25H,11-15,18H2,1-5H3,(H,30,31)/t25-/m0/s1. The average Bonchev–Trinajstić information content (AvgIpc) is 3.31. The summed E-state index contributed by atoms with van der Waals surface area (Å²) in [6.07, 6.45) is 2.37. The average molecular weight is 503 g/mol. The molecule has 1 saturated heterocycles. The third-order valence-electron chi connectivity index (χ3n) is 6.75. The lowest BCUT2D eigenvalue weighted by Crippen LogP contribution is -2.56. The molecule has 2 aromatic heterocycles. The zero-order valence-electron chi connectivity index (χ0n) is 22.6. The van der Waals surface area contributed by atoms with E-state index in [0.717, 1.165) is 36.2 Å². The van der Waals surface area contributed by atoms with Crippen molar-refractivity contribution in [3.8, 4) is 11.4 Å². The summed E-state index contributed by atoms with van der Waals surface area (Å²) in [5, 5.41) is 16.5. The summed E-state index contributed by atoms with van der Waals surface area (Å²) in [5.74, 6) is 0.738. The molecule has 1 aliphatic rings. The largest absolute Gasteiger partial charge is 0.336 e. The predicted octanol–water partition coefficient (Wildman–Crippen LogP) is 4.38. The molecule has 1 aromatic carbocycles. The summed E-state index contributed by atoms with van der Waals surface area (Å²) in [4.78, 5) is 29.4. The summed E-state index contributed by atoms with van der Waals surface area (Å²) in [5.41, 5.74) is 4.96. The van der Waals surface area contributed by atoms with E-state index >= 15 is 0 Å². The maximum absolute atomic E-state index is 13.5. The second-order valence-electron chi connectivity index (χ2n) is 10.9. The number of nitrogens with one attached hydrogen (secondary N) is 1. The van der Waals surface area contributed by atoms with Crippen LogP contribution in [-0.2, 0) is 17.6 Å². The molecule has 0 spiro atoms. The first-order valence-electron chi connectivity index (χ1n) is 13.2. The van der Waals surface area contributed by atoms with Crippen molar-refractivity contribution in [3.05, 3.63) is 65.0 Å². The van der Waals surface area contributed by atoms with Crippen LogP contribution in [0.2, 0.25) is 0 Å². The Morgan fingerprint density at radius 1 is 1.03 bits per heavy atom. The summed E-state index contributed by atoms with van der Waals surface area (Å²) >= 11 is 0. The van der Waals surface area contributed by atoms with Gasteiger partial charge in [-0.15, -0.1) is 10.2 Å². The maximum atomic E-state index is 13.5. The van der Waals surface area contributed by atoms with Crippen molar-refractivity contribution in [3.63, 3.8) is 0 Å². The van der Waals surface area contributed by atoms with Gasteiger partial charge in [-0.3, -0.25) is 14.7 Å². The Morgan fingerprint density at radius 2 is 1.78 bits per heavy atom. The van der Waals surface area contributed by atoms with E-state index in [9.17, 15) is 9.59 Å². The van der Waals surface area contributed by atoms with Crippen molar-refractivity contribution in [2.45, 2.75) is 59.9 Å². The van der Waals surface area contributed by atoms with Gasteiger partial charge in [-0.2, -0.15) is 5.10 Å². The number of hydrogen-bond acceptors (Lipinski definition) is 5. The quantitative estimate of drug-likeness (QED) is 0.493. The summed E-state index contributed by atoms with van der Waals surface area (Å²) < 4.78 is 0. The Labute approximate surface area is 219 Å². The first-order chi connectivity index (χ1) is 17.7. The molecule has 4 rings (SSSR count). The maximum Gasteiger partial charge on any atom is 0.274 e. The third kappa shape index (κ3) is 6.61. The van der Waals surface area contributed by atoms with Gasteiger partial charge in [-0.1, -0.05) is 58.0 Å². The third-order valence-corrected chi connectivity index (χ3v) is 6.75. The molecule has 0 unspecified atom stereocenters. The molecule has 196 valence electrons. The van der Waals surface area contributed by atoms with Gasteiger partial charge in [0.15, 0.2) is 5.69 Å². The molecule has 8 heteroatoms. The van der Waals surface area contributed by atoms with Gasteiger partial charge in [0.2, 0.25) is 5.91 Å². The van der Waals surface area contributed by atoms with E-state index in [2.05, 4.69) is 60.2 Å². The summed E-state index contributed by atoms with van der Waals surface area (Å²) in [6, 6.07) is 14.2. The number of piperazine rings is 1. The minimum Gasteiger partial charge on any atom is -0.336 e. The van der Waals surface area contributed by atoms with Gasteiger partial charge in [0.25, 0.3) is 5.91 Å². The van der Waals surface area contributed by atoms with E-state index in [-0.39, 0.29) is 17.9 Å². The van der Waals surface area contributed by atoms with Crippen LogP contribution in [0.4, 0.5) is 0 Å². The van der Waals surface area contributed by atoms with Gasteiger partial charge >= 0.3 is 0 Å². The molecule has 0 aliphatic carbocycles. The number of aromatic nitrogens is 4. The highest BCUT2D eigenvalue weighted by molar-refractivity contribution is 5.93. The van der Waals surface area contributed by atoms with Crippen molar-refractivity contribution in [1.82, 2.24) is 30.2 Å². The van der Waals surface area contributed by atoms with E-state index in [0.29, 0.717) is 42.9 Å². The van der Waals surface area contributed by atoms with E-state index < -0.39 is 0 Å². The summed E-state index contributed by atoms with van der Waals surface area (Å²) in [7, 11) is 0. The number of benzene rings is 1. The molecule has 8 nitrogen and oxygen atoms in total. The van der Waals surface area contributed by atoms with E-state index in [1.54, 1.807) is 6.92 Å². The highest BCUT2D eigenvalue weighted by Gasteiger charge is 2.32. The normalized spacial score (nSPS) is 16.0. The van der Waals surface area contributed by atoms with Crippen LogP contribution < -0.4 is 0 Å². The van der Waals surface area contributed by atoms with Crippen molar-refractivity contribution < 1.29 is 9.59 Å². The number of carbonyl (C=O) groups is 2. The molecular formula is C29H38N6O2. The minimum atomic E-state index is -0.132. The molecule has 2 amide bonds. The van der Waals surface area contributed by atoms with Gasteiger partial charge < -0.3 is 9.80 Å². The monoisotopic (exact) mass is 502 g/mol. The lowest BCUT2D eigenvalue weighted by molar-refractivity contribution is -0.133. The Morgan fingerprint density at radius 3 is 2.46 bits per heavy atom. The molecule has 0 saturated carbocycles. The van der Waals surface area contributed by atoms with Crippen molar-refractivity contribution >= 4 is 11.8 Å².